The number of fused-ring (bicyclic) bond motifs is 1. The van der Waals surface area contributed by atoms with E-state index < -0.39 is 10.0 Å². The van der Waals surface area contributed by atoms with Gasteiger partial charge in [-0.05, 0) is 56.6 Å². The summed E-state index contributed by atoms with van der Waals surface area (Å²) in [6.07, 6.45) is 2.35. The van der Waals surface area contributed by atoms with E-state index in [1.807, 2.05) is 0 Å². The lowest BCUT2D eigenvalue weighted by atomic mass is 10.1. The van der Waals surface area contributed by atoms with Gasteiger partial charge in [0.2, 0.25) is 10.0 Å². The fourth-order valence-electron chi connectivity index (χ4n) is 3.47. The van der Waals surface area contributed by atoms with Crippen molar-refractivity contribution in [2.45, 2.75) is 29.5 Å². The van der Waals surface area contributed by atoms with E-state index in [9.17, 15) is 12.8 Å². The van der Waals surface area contributed by atoms with Crippen LogP contribution in [0.15, 0.2) is 39.1 Å². The van der Waals surface area contributed by atoms with Gasteiger partial charge < -0.3 is 9.42 Å². The number of nitrogens with zero attached hydrogens (tertiary/aromatic N) is 2. The minimum absolute atomic E-state index is 0.110. The molecule has 3 heterocycles. The molecular weight excluding hydrogens is 425 g/mol. The highest BCUT2D eigenvalue weighted by molar-refractivity contribution is 7.91. The number of hydrogen-bond donors (Lipinski definition) is 1. The van der Waals surface area contributed by atoms with Crippen molar-refractivity contribution in [3.8, 4) is 0 Å². The van der Waals surface area contributed by atoms with E-state index in [0.717, 1.165) is 54.8 Å². The topological polar surface area (TPSA) is 75.4 Å². The molecule has 1 fully saturated rings. The summed E-state index contributed by atoms with van der Waals surface area (Å²) in [4.78, 5) is 2.23. The Morgan fingerprint density at radius 2 is 2.21 bits per heavy atom. The Hall–Kier alpha value is -1.52. The summed E-state index contributed by atoms with van der Waals surface area (Å²) in [5, 5.41) is 4.87. The fourth-order valence-corrected chi connectivity index (χ4v) is 6.23. The van der Waals surface area contributed by atoms with Gasteiger partial charge in [0.1, 0.15) is 10.0 Å². The maximum absolute atomic E-state index is 13.2. The van der Waals surface area contributed by atoms with Crippen molar-refractivity contribution in [3.63, 3.8) is 0 Å². The van der Waals surface area contributed by atoms with Crippen LogP contribution in [0.3, 0.4) is 0 Å². The van der Waals surface area contributed by atoms with Crippen LogP contribution in [0.2, 0.25) is 4.34 Å². The lowest BCUT2D eigenvalue weighted by molar-refractivity contribution is 0.326. The predicted molar refractivity (Wildman–Crippen MR) is 107 cm³/mol. The molecular formula is C18H19ClFN3O3S2. The normalized spacial score (nSPS) is 18.3. The van der Waals surface area contributed by atoms with Crippen molar-refractivity contribution >= 4 is 43.9 Å². The molecule has 0 amide bonds. The second-order valence-electron chi connectivity index (χ2n) is 6.84. The Kier molecular flexibility index (Phi) is 5.71. The number of rotatable bonds is 7. The second-order valence-corrected chi connectivity index (χ2v) is 10.5. The van der Waals surface area contributed by atoms with E-state index in [1.54, 1.807) is 12.1 Å². The number of sulfonamides is 1. The van der Waals surface area contributed by atoms with Crippen molar-refractivity contribution in [1.29, 1.82) is 0 Å². The van der Waals surface area contributed by atoms with Crippen LogP contribution in [-0.4, -0.2) is 44.2 Å². The summed E-state index contributed by atoms with van der Waals surface area (Å²) in [5.41, 5.74) is 1.28. The van der Waals surface area contributed by atoms with Gasteiger partial charge in [0.05, 0.1) is 10.0 Å². The van der Waals surface area contributed by atoms with Gasteiger partial charge in [-0.3, -0.25) is 0 Å². The van der Waals surface area contributed by atoms with Crippen LogP contribution in [0.25, 0.3) is 11.0 Å². The van der Waals surface area contributed by atoms with Crippen molar-refractivity contribution in [3.05, 3.63) is 46.2 Å². The summed E-state index contributed by atoms with van der Waals surface area (Å²) in [5.74, 6) is -0.342. The Morgan fingerprint density at radius 1 is 1.36 bits per heavy atom. The molecule has 1 aliphatic heterocycles. The number of aryl methyl sites for hydroxylation is 1. The van der Waals surface area contributed by atoms with Crippen LogP contribution in [0, 0.1) is 5.82 Å². The highest BCUT2D eigenvalue weighted by atomic mass is 35.5. The highest BCUT2D eigenvalue weighted by Crippen LogP contribution is 2.26. The second kappa shape index (κ2) is 8.08. The molecule has 1 unspecified atom stereocenters. The third-order valence-corrected chi connectivity index (χ3v) is 8.05. The number of benzene rings is 1. The van der Waals surface area contributed by atoms with Gasteiger partial charge in [0.15, 0.2) is 5.58 Å². The molecule has 10 heteroatoms. The van der Waals surface area contributed by atoms with Crippen LogP contribution in [0.4, 0.5) is 4.39 Å². The number of halogens is 2. The highest BCUT2D eigenvalue weighted by Gasteiger charge is 2.27. The maximum Gasteiger partial charge on any atom is 0.250 e. The zero-order valence-corrected chi connectivity index (χ0v) is 17.3. The van der Waals surface area contributed by atoms with Crippen molar-refractivity contribution in [2.75, 3.05) is 19.6 Å². The molecule has 1 saturated heterocycles. The van der Waals surface area contributed by atoms with Crippen molar-refractivity contribution in [1.82, 2.24) is 14.8 Å². The molecule has 6 nitrogen and oxygen atoms in total. The van der Waals surface area contributed by atoms with E-state index in [2.05, 4.69) is 14.8 Å². The molecule has 3 aromatic rings. The first kappa shape index (κ1) is 19.8. The average Bonchev–Trinajstić information content (AvgIpc) is 3.36. The van der Waals surface area contributed by atoms with Gasteiger partial charge in [0.25, 0.3) is 0 Å². The standard InChI is InChI=1S/C18H19ClFN3O3S2/c19-17-5-6-18(27-17)28(24,25)22-13-7-9-23(11-13)8-1-2-15-14-4-3-12(20)10-16(14)26-21-15/h3-6,10,13,22H,1-2,7-9,11H2. The summed E-state index contributed by atoms with van der Waals surface area (Å²) in [7, 11) is -3.53. The average molecular weight is 444 g/mol. The van der Waals surface area contributed by atoms with Gasteiger partial charge >= 0.3 is 0 Å². The molecule has 0 spiro atoms. The quantitative estimate of drug-likeness (QED) is 0.603. The number of thiophene rings is 1. The number of aromatic nitrogens is 1. The smallest absolute Gasteiger partial charge is 0.250 e. The Morgan fingerprint density at radius 3 is 3.00 bits per heavy atom. The summed E-state index contributed by atoms with van der Waals surface area (Å²) >= 11 is 6.89. The van der Waals surface area contributed by atoms with Crippen LogP contribution in [0.5, 0.6) is 0 Å². The molecule has 28 heavy (non-hydrogen) atoms. The van der Waals surface area contributed by atoms with Gasteiger partial charge in [-0.15, -0.1) is 11.3 Å². The fraction of sp³-hybridized carbons (Fsp3) is 0.389. The Balaban J connectivity index is 1.28. The van der Waals surface area contributed by atoms with Gasteiger partial charge in [0, 0.05) is 24.0 Å². The molecule has 1 atom stereocenters. The van der Waals surface area contributed by atoms with E-state index in [-0.39, 0.29) is 16.1 Å². The Bertz CT molecular complexity index is 1080. The van der Waals surface area contributed by atoms with Gasteiger partial charge in [-0.2, -0.15) is 0 Å². The summed E-state index contributed by atoms with van der Waals surface area (Å²) in [6.45, 7) is 2.34. The van der Waals surface area contributed by atoms with E-state index in [1.165, 1.54) is 18.2 Å². The molecule has 1 N–H and O–H groups in total. The molecule has 2 aromatic heterocycles. The molecule has 0 saturated carbocycles. The first-order valence-electron chi connectivity index (χ1n) is 8.94. The Labute approximate surface area is 171 Å². The molecule has 4 rings (SSSR count). The van der Waals surface area contributed by atoms with Crippen LogP contribution in [-0.2, 0) is 16.4 Å². The first-order chi connectivity index (χ1) is 13.4. The lowest BCUT2D eigenvalue weighted by Crippen LogP contribution is -2.36. The molecule has 1 aromatic carbocycles. The predicted octanol–water partition coefficient (Wildman–Crippen LogP) is 3.67. The zero-order chi connectivity index (χ0) is 19.7. The third kappa shape index (κ3) is 4.38. The van der Waals surface area contributed by atoms with Crippen molar-refractivity contribution < 1.29 is 17.3 Å². The summed E-state index contributed by atoms with van der Waals surface area (Å²) in [6, 6.07) is 7.43. The third-order valence-electron chi connectivity index (χ3n) is 4.80. The van der Waals surface area contributed by atoms with E-state index in [0.29, 0.717) is 16.5 Å². The van der Waals surface area contributed by atoms with Crippen molar-refractivity contribution in [2.24, 2.45) is 0 Å². The molecule has 0 radical (unpaired) electrons. The van der Waals surface area contributed by atoms with E-state index >= 15 is 0 Å². The molecule has 0 bridgehead atoms. The molecule has 150 valence electrons. The minimum atomic E-state index is -3.53. The van der Waals surface area contributed by atoms with Crippen LogP contribution < -0.4 is 4.72 Å². The largest absolute Gasteiger partial charge is 0.356 e. The van der Waals surface area contributed by atoms with E-state index in [4.69, 9.17) is 16.1 Å². The van der Waals surface area contributed by atoms with Crippen LogP contribution in [0.1, 0.15) is 18.5 Å². The monoisotopic (exact) mass is 443 g/mol. The summed E-state index contributed by atoms with van der Waals surface area (Å²) < 4.78 is 46.7. The minimum Gasteiger partial charge on any atom is -0.356 e. The number of hydrogen-bond acceptors (Lipinski definition) is 6. The first-order valence-corrected chi connectivity index (χ1v) is 11.6. The lowest BCUT2D eigenvalue weighted by Gasteiger charge is -2.16. The zero-order valence-electron chi connectivity index (χ0n) is 14.9. The number of likely N-dealkylation sites (tertiary alicyclic amines) is 1. The van der Waals surface area contributed by atoms with Crippen LogP contribution >= 0.6 is 22.9 Å². The van der Waals surface area contributed by atoms with Gasteiger partial charge in [-0.25, -0.2) is 17.5 Å². The molecule has 0 aliphatic carbocycles. The van der Waals surface area contributed by atoms with Gasteiger partial charge in [-0.1, -0.05) is 16.8 Å². The molecule has 1 aliphatic rings. The number of nitrogens with one attached hydrogen (secondary N) is 1. The SMILES string of the molecule is O=S(=O)(NC1CCN(CCCc2noc3cc(F)ccc23)C1)c1ccc(Cl)s1. The maximum atomic E-state index is 13.2.